The quantitative estimate of drug-likeness (QED) is 0.858. The third-order valence-corrected chi connectivity index (χ3v) is 4.11. The van der Waals surface area contributed by atoms with Gasteiger partial charge in [0.1, 0.15) is 5.60 Å². The minimum Gasteiger partial charge on any atom is -0.371 e. The number of nitrogens with zero attached hydrogens (tertiary/aromatic N) is 3. The lowest BCUT2D eigenvalue weighted by Crippen LogP contribution is -2.46. The fourth-order valence-electron chi connectivity index (χ4n) is 2.41. The van der Waals surface area contributed by atoms with Crippen molar-refractivity contribution in [2.75, 3.05) is 31.6 Å². The van der Waals surface area contributed by atoms with E-state index < -0.39 is 5.60 Å². The molecule has 1 saturated heterocycles. The summed E-state index contributed by atoms with van der Waals surface area (Å²) in [4.78, 5) is 6.78. The highest BCUT2D eigenvalue weighted by Crippen LogP contribution is 2.30. The molecule has 19 heavy (non-hydrogen) atoms. The van der Waals surface area contributed by atoms with Gasteiger partial charge in [0.2, 0.25) is 5.95 Å². The maximum Gasteiger partial charge on any atom is 0.244 e. The molecule has 108 valence electrons. The van der Waals surface area contributed by atoms with Crippen molar-refractivity contribution in [3.63, 3.8) is 0 Å². The number of piperidine rings is 1. The van der Waals surface area contributed by atoms with E-state index in [1.54, 1.807) is 7.11 Å². The maximum atomic E-state index is 5.88. The molecule has 3 N–H and O–H groups in total. The number of H-pyrrole nitrogens is 1. The third-order valence-electron chi connectivity index (χ3n) is 4.11. The van der Waals surface area contributed by atoms with Gasteiger partial charge >= 0.3 is 0 Å². The summed E-state index contributed by atoms with van der Waals surface area (Å²) in [5.41, 5.74) is 5.59. The molecule has 2 heterocycles. The summed E-state index contributed by atoms with van der Waals surface area (Å²) < 4.78 is 5.41. The average molecular weight is 267 g/mol. The molecule has 6 heteroatoms. The molecule has 0 amide bonds. The second-order valence-electron chi connectivity index (χ2n) is 6.24. The SMILES string of the molecule is COC(C)(C)c1nc(N2CCCC(C)(CN)C2)n[nH]1. The van der Waals surface area contributed by atoms with Crippen LogP contribution >= 0.6 is 0 Å². The van der Waals surface area contributed by atoms with Crippen LogP contribution in [0, 0.1) is 5.41 Å². The standard InChI is InChI=1S/C13H25N5O/c1-12(2,19-4)10-15-11(17-16-10)18-7-5-6-13(3,8-14)9-18/h5-9,14H2,1-4H3,(H,15,16,17). The number of rotatable bonds is 4. The van der Waals surface area contributed by atoms with E-state index in [1.807, 2.05) is 13.8 Å². The number of hydrogen-bond acceptors (Lipinski definition) is 5. The van der Waals surface area contributed by atoms with Gasteiger partial charge in [-0.2, -0.15) is 4.98 Å². The van der Waals surface area contributed by atoms with Crippen LogP contribution < -0.4 is 10.6 Å². The molecular weight excluding hydrogens is 242 g/mol. The van der Waals surface area contributed by atoms with Gasteiger partial charge in [0.05, 0.1) is 0 Å². The van der Waals surface area contributed by atoms with Crippen LogP contribution in [0.1, 0.15) is 39.4 Å². The number of anilines is 1. The number of hydrogen-bond donors (Lipinski definition) is 2. The molecule has 1 aliphatic heterocycles. The van der Waals surface area contributed by atoms with Crippen molar-refractivity contribution in [2.45, 2.75) is 39.2 Å². The van der Waals surface area contributed by atoms with E-state index in [2.05, 4.69) is 27.0 Å². The molecule has 2 rings (SSSR count). The summed E-state index contributed by atoms with van der Waals surface area (Å²) in [6.45, 7) is 8.76. The Morgan fingerprint density at radius 2 is 2.26 bits per heavy atom. The van der Waals surface area contributed by atoms with E-state index in [1.165, 1.54) is 6.42 Å². The van der Waals surface area contributed by atoms with Gasteiger partial charge in [0.15, 0.2) is 5.82 Å². The fraction of sp³-hybridized carbons (Fsp3) is 0.846. The Bertz CT molecular complexity index is 430. The fourth-order valence-corrected chi connectivity index (χ4v) is 2.41. The van der Waals surface area contributed by atoms with E-state index in [-0.39, 0.29) is 5.41 Å². The summed E-state index contributed by atoms with van der Waals surface area (Å²) in [5, 5.41) is 7.30. The van der Waals surface area contributed by atoms with Crippen LogP contribution in [-0.2, 0) is 10.3 Å². The number of ether oxygens (including phenoxy) is 1. The molecule has 0 aromatic carbocycles. The average Bonchev–Trinajstić information content (AvgIpc) is 2.89. The van der Waals surface area contributed by atoms with Crippen molar-refractivity contribution in [3.05, 3.63) is 5.82 Å². The van der Waals surface area contributed by atoms with Crippen LogP contribution in [0.2, 0.25) is 0 Å². The second-order valence-corrected chi connectivity index (χ2v) is 6.24. The van der Waals surface area contributed by atoms with Gasteiger partial charge in [-0.05, 0) is 38.6 Å². The molecule has 0 spiro atoms. The molecule has 6 nitrogen and oxygen atoms in total. The largest absolute Gasteiger partial charge is 0.371 e. The van der Waals surface area contributed by atoms with Gasteiger partial charge in [-0.25, -0.2) is 0 Å². The van der Waals surface area contributed by atoms with E-state index in [0.717, 1.165) is 31.3 Å². The minimum atomic E-state index is -0.446. The zero-order valence-electron chi connectivity index (χ0n) is 12.4. The summed E-state index contributed by atoms with van der Waals surface area (Å²) in [5.74, 6) is 1.50. The number of aromatic amines is 1. The molecule has 0 bridgehead atoms. The molecule has 1 aromatic heterocycles. The molecule has 0 radical (unpaired) electrons. The normalized spacial score (nSPS) is 24.8. The van der Waals surface area contributed by atoms with Gasteiger partial charge in [-0.1, -0.05) is 6.92 Å². The first-order valence-corrected chi connectivity index (χ1v) is 6.83. The first-order valence-electron chi connectivity index (χ1n) is 6.83. The van der Waals surface area contributed by atoms with Crippen molar-refractivity contribution in [1.82, 2.24) is 15.2 Å². The molecule has 1 fully saturated rings. The lowest BCUT2D eigenvalue weighted by Gasteiger charge is -2.39. The van der Waals surface area contributed by atoms with Gasteiger partial charge < -0.3 is 15.4 Å². The molecular formula is C13H25N5O. The lowest BCUT2D eigenvalue weighted by molar-refractivity contribution is 0.0118. The highest BCUT2D eigenvalue weighted by atomic mass is 16.5. The zero-order valence-corrected chi connectivity index (χ0v) is 12.4. The summed E-state index contributed by atoms with van der Waals surface area (Å²) in [7, 11) is 1.68. The van der Waals surface area contributed by atoms with Crippen LogP contribution in [-0.4, -0.2) is 41.9 Å². The summed E-state index contributed by atoms with van der Waals surface area (Å²) in [6.07, 6.45) is 2.30. The number of aromatic nitrogens is 3. The first kappa shape index (κ1) is 14.3. The molecule has 1 unspecified atom stereocenters. The van der Waals surface area contributed by atoms with Crippen molar-refractivity contribution < 1.29 is 4.74 Å². The number of nitrogens with two attached hydrogens (primary N) is 1. The van der Waals surface area contributed by atoms with E-state index in [9.17, 15) is 0 Å². The summed E-state index contributed by atoms with van der Waals surface area (Å²) in [6, 6.07) is 0. The van der Waals surface area contributed by atoms with Gasteiger partial charge in [-0.15, -0.1) is 5.10 Å². The number of methoxy groups -OCH3 is 1. The predicted molar refractivity (Wildman–Crippen MR) is 75.0 cm³/mol. The minimum absolute atomic E-state index is 0.163. The third kappa shape index (κ3) is 2.90. The predicted octanol–water partition coefficient (Wildman–Crippen LogP) is 1.25. The highest BCUT2D eigenvalue weighted by Gasteiger charge is 2.32. The van der Waals surface area contributed by atoms with Gasteiger partial charge in [0.25, 0.3) is 0 Å². The molecule has 0 aliphatic carbocycles. The molecule has 1 atom stereocenters. The van der Waals surface area contributed by atoms with Crippen LogP contribution in [0.15, 0.2) is 0 Å². The second kappa shape index (κ2) is 5.09. The van der Waals surface area contributed by atoms with Crippen molar-refractivity contribution >= 4 is 5.95 Å². The van der Waals surface area contributed by atoms with Crippen molar-refractivity contribution in [3.8, 4) is 0 Å². The monoisotopic (exact) mass is 267 g/mol. The van der Waals surface area contributed by atoms with Crippen molar-refractivity contribution in [2.24, 2.45) is 11.1 Å². The number of nitrogens with one attached hydrogen (secondary N) is 1. The van der Waals surface area contributed by atoms with Gasteiger partial charge in [-0.3, -0.25) is 5.10 Å². The Morgan fingerprint density at radius 3 is 2.89 bits per heavy atom. The van der Waals surface area contributed by atoms with Gasteiger partial charge in [0, 0.05) is 20.2 Å². The Hall–Kier alpha value is -1.14. The molecule has 1 aromatic rings. The van der Waals surface area contributed by atoms with E-state index in [0.29, 0.717) is 6.54 Å². The van der Waals surface area contributed by atoms with Crippen LogP contribution in [0.3, 0.4) is 0 Å². The highest BCUT2D eigenvalue weighted by molar-refractivity contribution is 5.31. The van der Waals surface area contributed by atoms with Crippen LogP contribution in [0.25, 0.3) is 0 Å². The van der Waals surface area contributed by atoms with Crippen LogP contribution in [0.5, 0.6) is 0 Å². The van der Waals surface area contributed by atoms with Crippen LogP contribution in [0.4, 0.5) is 5.95 Å². The van der Waals surface area contributed by atoms with Crippen molar-refractivity contribution in [1.29, 1.82) is 0 Å². The Labute approximate surface area is 114 Å². The maximum absolute atomic E-state index is 5.88. The molecule has 1 aliphatic rings. The van der Waals surface area contributed by atoms with E-state index in [4.69, 9.17) is 10.5 Å². The Morgan fingerprint density at radius 1 is 1.53 bits per heavy atom. The topological polar surface area (TPSA) is 80.1 Å². The van der Waals surface area contributed by atoms with E-state index >= 15 is 0 Å². The Balaban J connectivity index is 2.15. The smallest absolute Gasteiger partial charge is 0.244 e. The first-order chi connectivity index (χ1) is 8.90. The summed E-state index contributed by atoms with van der Waals surface area (Å²) >= 11 is 0. The lowest BCUT2D eigenvalue weighted by atomic mass is 9.82. The zero-order chi connectivity index (χ0) is 14.1. The molecule has 0 saturated carbocycles. The Kier molecular flexibility index (Phi) is 3.82.